The maximum Gasteiger partial charge on any atom is 0.310 e. The van der Waals surface area contributed by atoms with Crippen LogP contribution in [0.2, 0.25) is 0 Å². The average molecular weight is 287 g/mol. The zero-order valence-electron chi connectivity index (χ0n) is 12.8. The number of hydrogen-bond acceptors (Lipinski definition) is 3. The number of nitrogens with one attached hydrogen (secondary N) is 1. The van der Waals surface area contributed by atoms with Gasteiger partial charge >= 0.3 is 5.97 Å². The van der Waals surface area contributed by atoms with Gasteiger partial charge in [0, 0.05) is 18.5 Å². The van der Waals surface area contributed by atoms with Crippen LogP contribution in [0, 0.1) is 5.92 Å². The Labute approximate surface area is 127 Å². The summed E-state index contributed by atoms with van der Waals surface area (Å²) in [7, 11) is 0. The van der Waals surface area contributed by atoms with E-state index in [-0.39, 0.29) is 12.1 Å². The number of piperidine rings is 1. The van der Waals surface area contributed by atoms with Gasteiger partial charge in [-0.3, -0.25) is 4.79 Å². The molecule has 2 rings (SSSR count). The van der Waals surface area contributed by atoms with Crippen molar-refractivity contribution in [2.75, 3.05) is 6.54 Å². The summed E-state index contributed by atoms with van der Waals surface area (Å²) in [6.45, 7) is 6.83. The summed E-state index contributed by atoms with van der Waals surface area (Å²) in [5, 5.41) is 3.47. The number of allylic oxidation sites excluding steroid dienone is 1. The van der Waals surface area contributed by atoms with E-state index in [1.165, 1.54) is 0 Å². The predicted molar refractivity (Wildman–Crippen MR) is 85.0 cm³/mol. The summed E-state index contributed by atoms with van der Waals surface area (Å²) in [6, 6.07) is 10.2. The molecular weight excluding hydrogens is 262 g/mol. The molecule has 3 unspecified atom stereocenters. The first-order valence-electron chi connectivity index (χ1n) is 7.76. The van der Waals surface area contributed by atoms with E-state index in [0.717, 1.165) is 31.4 Å². The highest BCUT2D eigenvalue weighted by atomic mass is 16.5. The lowest BCUT2D eigenvalue weighted by atomic mass is 9.88. The number of carbonyl (C=O) groups is 1. The van der Waals surface area contributed by atoms with Gasteiger partial charge in [-0.2, -0.15) is 0 Å². The van der Waals surface area contributed by atoms with Crippen LogP contribution in [0.15, 0.2) is 43.0 Å². The third-order valence-electron chi connectivity index (χ3n) is 4.06. The van der Waals surface area contributed by atoms with Crippen molar-refractivity contribution in [2.45, 2.75) is 44.8 Å². The highest BCUT2D eigenvalue weighted by Gasteiger charge is 2.30. The van der Waals surface area contributed by atoms with Crippen LogP contribution in [-0.4, -0.2) is 24.7 Å². The number of benzene rings is 1. The largest absolute Gasteiger partial charge is 0.462 e. The van der Waals surface area contributed by atoms with Crippen molar-refractivity contribution in [3.8, 4) is 0 Å². The van der Waals surface area contributed by atoms with Gasteiger partial charge in [-0.25, -0.2) is 0 Å². The minimum absolute atomic E-state index is 0.0254. The molecule has 1 aliphatic rings. The zero-order chi connectivity index (χ0) is 15.1. The molecule has 3 heteroatoms. The lowest BCUT2D eigenvalue weighted by Gasteiger charge is -2.35. The van der Waals surface area contributed by atoms with Crippen molar-refractivity contribution in [3.05, 3.63) is 48.6 Å². The summed E-state index contributed by atoms with van der Waals surface area (Å²) in [4.78, 5) is 12.1. The van der Waals surface area contributed by atoms with E-state index in [2.05, 4.69) is 18.8 Å². The van der Waals surface area contributed by atoms with E-state index < -0.39 is 0 Å². The molecule has 1 aliphatic heterocycles. The quantitative estimate of drug-likeness (QED) is 0.645. The fourth-order valence-corrected chi connectivity index (χ4v) is 2.85. The molecule has 1 fully saturated rings. The third-order valence-corrected chi connectivity index (χ3v) is 4.06. The van der Waals surface area contributed by atoms with Gasteiger partial charge in [-0.05, 0) is 31.7 Å². The van der Waals surface area contributed by atoms with Crippen LogP contribution >= 0.6 is 0 Å². The molecule has 1 saturated heterocycles. The maximum absolute atomic E-state index is 12.1. The Hall–Kier alpha value is -1.61. The van der Waals surface area contributed by atoms with Gasteiger partial charge in [0.25, 0.3) is 0 Å². The van der Waals surface area contributed by atoms with Crippen molar-refractivity contribution < 1.29 is 9.53 Å². The van der Waals surface area contributed by atoms with Crippen molar-refractivity contribution in [1.29, 1.82) is 0 Å². The smallest absolute Gasteiger partial charge is 0.310 e. The molecule has 1 N–H and O–H groups in total. The van der Waals surface area contributed by atoms with Crippen LogP contribution in [0.5, 0.6) is 0 Å². The molecule has 1 aromatic rings. The van der Waals surface area contributed by atoms with Gasteiger partial charge in [0.2, 0.25) is 0 Å². The topological polar surface area (TPSA) is 38.3 Å². The van der Waals surface area contributed by atoms with Crippen LogP contribution < -0.4 is 5.32 Å². The van der Waals surface area contributed by atoms with E-state index in [9.17, 15) is 4.79 Å². The molecule has 0 aromatic heterocycles. The number of carbonyl (C=O) groups excluding carboxylic acids is 1. The lowest BCUT2D eigenvalue weighted by molar-refractivity contribution is -0.153. The van der Waals surface area contributed by atoms with Crippen molar-refractivity contribution in [3.63, 3.8) is 0 Å². The second-order valence-electron chi connectivity index (χ2n) is 5.86. The number of ether oxygens (including phenoxy) is 1. The number of hydrogen-bond donors (Lipinski definition) is 1. The number of rotatable bonds is 6. The molecule has 0 aliphatic carbocycles. The molecule has 114 valence electrons. The molecule has 0 spiro atoms. The third kappa shape index (κ3) is 5.01. The van der Waals surface area contributed by atoms with Gasteiger partial charge < -0.3 is 10.1 Å². The Kier molecular flexibility index (Phi) is 6.00. The minimum atomic E-state index is -0.121. The standard InChI is InChI=1S/C18H25NO2/c1-3-4-10-16-13-19-14(2)11-17(16)21-18(20)12-15-8-6-5-7-9-15/h3,5-9,14,16-17,19H,1,4,10-13H2,2H3. The fraction of sp³-hybridized carbons (Fsp3) is 0.500. The molecule has 0 saturated carbocycles. The van der Waals surface area contributed by atoms with E-state index >= 15 is 0 Å². The summed E-state index contributed by atoms with van der Waals surface area (Å²) >= 11 is 0. The average Bonchev–Trinajstić information content (AvgIpc) is 2.47. The number of esters is 1. The first-order valence-corrected chi connectivity index (χ1v) is 7.76. The fourth-order valence-electron chi connectivity index (χ4n) is 2.85. The van der Waals surface area contributed by atoms with E-state index in [4.69, 9.17) is 4.74 Å². The van der Waals surface area contributed by atoms with E-state index in [1.54, 1.807) is 0 Å². The van der Waals surface area contributed by atoms with Crippen LogP contribution in [0.4, 0.5) is 0 Å². The Balaban J connectivity index is 1.90. The first kappa shape index (κ1) is 15.8. The summed E-state index contributed by atoms with van der Waals surface area (Å²) < 4.78 is 5.76. The second kappa shape index (κ2) is 7.99. The van der Waals surface area contributed by atoms with Gasteiger partial charge in [-0.1, -0.05) is 36.4 Å². The summed E-state index contributed by atoms with van der Waals surface area (Å²) in [5.74, 6) is 0.267. The Morgan fingerprint density at radius 1 is 1.43 bits per heavy atom. The first-order chi connectivity index (χ1) is 10.2. The van der Waals surface area contributed by atoms with Crippen LogP contribution in [0.1, 0.15) is 31.7 Å². The Morgan fingerprint density at radius 2 is 2.19 bits per heavy atom. The SMILES string of the molecule is C=CCCC1CNC(C)CC1OC(=O)Cc1ccccc1. The van der Waals surface area contributed by atoms with Crippen molar-refractivity contribution in [2.24, 2.45) is 5.92 Å². The van der Waals surface area contributed by atoms with Gasteiger partial charge in [0.05, 0.1) is 6.42 Å². The molecule has 21 heavy (non-hydrogen) atoms. The normalized spacial score (nSPS) is 25.3. The van der Waals surface area contributed by atoms with Crippen LogP contribution in [0.25, 0.3) is 0 Å². The molecule has 0 amide bonds. The van der Waals surface area contributed by atoms with Crippen molar-refractivity contribution >= 4 is 5.97 Å². The molecular formula is C18H25NO2. The highest BCUT2D eigenvalue weighted by molar-refractivity contribution is 5.72. The molecule has 3 nitrogen and oxygen atoms in total. The van der Waals surface area contributed by atoms with E-state index in [1.807, 2.05) is 36.4 Å². The molecule has 1 aromatic carbocycles. The monoisotopic (exact) mass is 287 g/mol. The molecule has 1 heterocycles. The van der Waals surface area contributed by atoms with E-state index in [0.29, 0.717) is 18.4 Å². The molecule has 3 atom stereocenters. The highest BCUT2D eigenvalue weighted by Crippen LogP contribution is 2.23. The van der Waals surface area contributed by atoms with Gasteiger partial charge in [-0.15, -0.1) is 6.58 Å². The molecule has 0 bridgehead atoms. The van der Waals surface area contributed by atoms with Crippen molar-refractivity contribution in [1.82, 2.24) is 5.32 Å². The Morgan fingerprint density at radius 3 is 2.90 bits per heavy atom. The van der Waals surface area contributed by atoms with Gasteiger partial charge in [0.15, 0.2) is 0 Å². The molecule has 0 radical (unpaired) electrons. The lowest BCUT2D eigenvalue weighted by Crippen LogP contribution is -2.47. The summed E-state index contributed by atoms with van der Waals surface area (Å²) in [6.07, 6.45) is 5.19. The van der Waals surface area contributed by atoms with Crippen LogP contribution in [-0.2, 0) is 16.0 Å². The summed E-state index contributed by atoms with van der Waals surface area (Å²) in [5.41, 5.74) is 1.01. The maximum atomic E-state index is 12.1. The zero-order valence-corrected chi connectivity index (χ0v) is 12.8. The van der Waals surface area contributed by atoms with Gasteiger partial charge in [0.1, 0.15) is 6.10 Å². The minimum Gasteiger partial charge on any atom is -0.462 e. The van der Waals surface area contributed by atoms with Crippen LogP contribution in [0.3, 0.4) is 0 Å². The predicted octanol–water partition coefficient (Wildman–Crippen LogP) is 3.11. The second-order valence-corrected chi connectivity index (χ2v) is 5.86. The Bertz CT molecular complexity index is 458.